The van der Waals surface area contributed by atoms with Crippen LogP contribution in [-0.2, 0) is 16.1 Å². The molecule has 0 aromatic heterocycles. The number of rotatable bonds is 4. The second-order valence-electron chi connectivity index (χ2n) is 6.23. The van der Waals surface area contributed by atoms with Crippen LogP contribution < -0.4 is 5.32 Å². The van der Waals surface area contributed by atoms with Crippen LogP contribution in [0.4, 0.5) is 0 Å². The number of ether oxygens (including phenoxy) is 1. The molecule has 0 radical (unpaired) electrons. The predicted octanol–water partition coefficient (Wildman–Crippen LogP) is 3.67. The first-order chi connectivity index (χ1) is 11.1. The molecule has 0 aliphatic carbocycles. The average molecular weight is 394 g/mol. The van der Waals surface area contributed by atoms with E-state index < -0.39 is 0 Å². The molecule has 0 spiro atoms. The van der Waals surface area contributed by atoms with Crippen LogP contribution in [0.25, 0.3) is 0 Å². The van der Waals surface area contributed by atoms with Crippen LogP contribution in [0, 0.1) is 0 Å². The van der Waals surface area contributed by atoms with Crippen molar-refractivity contribution in [1.82, 2.24) is 10.2 Å². The van der Waals surface area contributed by atoms with Crippen molar-refractivity contribution in [1.29, 1.82) is 0 Å². The van der Waals surface area contributed by atoms with Crippen molar-refractivity contribution in [3.8, 4) is 0 Å². The second-order valence-corrected chi connectivity index (χ2v) is 7.05. The van der Waals surface area contributed by atoms with Gasteiger partial charge in [0.1, 0.15) is 0 Å². The lowest BCUT2D eigenvalue weighted by molar-refractivity contribution is -0.135. The van der Waals surface area contributed by atoms with Crippen LogP contribution in [0.5, 0.6) is 0 Å². The zero-order valence-electron chi connectivity index (χ0n) is 13.5. The quantitative estimate of drug-likeness (QED) is 0.848. The van der Waals surface area contributed by atoms with Gasteiger partial charge >= 0.3 is 0 Å². The SMILES string of the molecule is Cl.O=C(C1CCCN1)N1CCC(OCc2ccc(Cl)c(Cl)c2)CC1. The standard InChI is InChI=1S/C17H22Cl2N2O2.ClH/c18-14-4-3-12(10-15(14)19)11-23-13-5-8-21(9-6-13)17(22)16-2-1-7-20-16;/h3-4,10,13,16,20H,1-2,5-9,11H2;1H. The molecule has 1 aromatic carbocycles. The van der Waals surface area contributed by atoms with Crippen LogP contribution in [0.2, 0.25) is 10.0 Å². The summed E-state index contributed by atoms with van der Waals surface area (Å²) in [6.07, 6.45) is 4.04. The van der Waals surface area contributed by atoms with Gasteiger partial charge in [0.05, 0.1) is 28.8 Å². The molecule has 2 aliphatic rings. The van der Waals surface area contributed by atoms with Crippen molar-refractivity contribution >= 4 is 41.5 Å². The Morgan fingerprint density at radius 1 is 1.21 bits per heavy atom. The number of nitrogens with one attached hydrogen (secondary N) is 1. The van der Waals surface area contributed by atoms with Gasteiger partial charge in [-0.15, -0.1) is 12.4 Å². The van der Waals surface area contributed by atoms with Crippen molar-refractivity contribution in [3.05, 3.63) is 33.8 Å². The summed E-state index contributed by atoms with van der Waals surface area (Å²) in [5, 5.41) is 4.39. The van der Waals surface area contributed by atoms with E-state index in [4.69, 9.17) is 27.9 Å². The number of carbonyl (C=O) groups is 1. The lowest BCUT2D eigenvalue weighted by Gasteiger charge is -2.33. The van der Waals surface area contributed by atoms with Gasteiger partial charge in [-0.1, -0.05) is 29.3 Å². The van der Waals surface area contributed by atoms with E-state index in [9.17, 15) is 4.79 Å². The molecule has 2 aliphatic heterocycles. The lowest BCUT2D eigenvalue weighted by Crippen LogP contribution is -2.48. The molecule has 4 nitrogen and oxygen atoms in total. The van der Waals surface area contributed by atoms with Crippen molar-refractivity contribution in [2.75, 3.05) is 19.6 Å². The van der Waals surface area contributed by atoms with Gasteiger partial charge in [0.15, 0.2) is 0 Å². The van der Waals surface area contributed by atoms with Crippen molar-refractivity contribution in [2.24, 2.45) is 0 Å². The fraction of sp³-hybridized carbons (Fsp3) is 0.588. The minimum Gasteiger partial charge on any atom is -0.373 e. The summed E-state index contributed by atoms with van der Waals surface area (Å²) in [5.41, 5.74) is 1.02. The maximum absolute atomic E-state index is 12.4. The van der Waals surface area contributed by atoms with E-state index in [2.05, 4.69) is 5.32 Å². The number of likely N-dealkylation sites (tertiary alicyclic amines) is 1. The minimum absolute atomic E-state index is 0. The van der Waals surface area contributed by atoms with Gasteiger partial charge in [-0.05, 0) is 49.9 Å². The number of halogens is 3. The van der Waals surface area contributed by atoms with E-state index >= 15 is 0 Å². The molecule has 1 aromatic rings. The third kappa shape index (κ3) is 4.99. The number of benzene rings is 1. The van der Waals surface area contributed by atoms with E-state index in [0.29, 0.717) is 16.7 Å². The van der Waals surface area contributed by atoms with Gasteiger partial charge in [-0.3, -0.25) is 4.79 Å². The van der Waals surface area contributed by atoms with E-state index in [1.807, 2.05) is 17.0 Å². The molecule has 3 rings (SSSR count). The number of piperidine rings is 1. The van der Waals surface area contributed by atoms with Gasteiger partial charge in [0.25, 0.3) is 0 Å². The Bertz CT molecular complexity index is 557. The fourth-order valence-corrected chi connectivity index (χ4v) is 3.52. The third-order valence-corrected chi connectivity index (χ3v) is 5.32. The Morgan fingerprint density at radius 2 is 1.96 bits per heavy atom. The molecule has 2 saturated heterocycles. The van der Waals surface area contributed by atoms with E-state index in [-0.39, 0.29) is 30.5 Å². The molecular weight excluding hydrogens is 371 g/mol. The maximum atomic E-state index is 12.4. The first-order valence-electron chi connectivity index (χ1n) is 8.21. The van der Waals surface area contributed by atoms with E-state index in [1.165, 1.54) is 0 Å². The molecule has 0 bridgehead atoms. The Balaban J connectivity index is 0.00000208. The van der Waals surface area contributed by atoms with Crippen molar-refractivity contribution in [2.45, 2.75) is 44.4 Å². The maximum Gasteiger partial charge on any atom is 0.239 e. The molecule has 2 fully saturated rings. The van der Waals surface area contributed by atoms with Gasteiger partial charge in [-0.25, -0.2) is 0 Å². The van der Waals surface area contributed by atoms with Crippen LogP contribution in [0.1, 0.15) is 31.2 Å². The first-order valence-corrected chi connectivity index (χ1v) is 8.97. The number of nitrogens with zero attached hydrogens (tertiary/aromatic N) is 1. The molecule has 1 amide bonds. The molecule has 2 heterocycles. The molecular formula is C17H23Cl3N2O2. The van der Waals surface area contributed by atoms with Gasteiger partial charge in [0.2, 0.25) is 5.91 Å². The third-order valence-electron chi connectivity index (χ3n) is 4.58. The molecule has 1 atom stereocenters. The monoisotopic (exact) mass is 392 g/mol. The summed E-state index contributed by atoms with van der Waals surface area (Å²) in [7, 11) is 0. The zero-order valence-corrected chi connectivity index (χ0v) is 15.8. The summed E-state index contributed by atoms with van der Waals surface area (Å²) < 4.78 is 5.96. The highest BCUT2D eigenvalue weighted by Crippen LogP contribution is 2.24. The van der Waals surface area contributed by atoms with Crippen molar-refractivity contribution < 1.29 is 9.53 Å². The Labute approximate surface area is 159 Å². The zero-order chi connectivity index (χ0) is 16.2. The van der Waals surface area contributed by atoms with E-state index in [0.717, 1.165) is 50.9 Å². The first kappa shape index (κ1) is 19.8. The summed E-state index contributed by atoms with van der Waals surface area (Å²) in [6.45, 7) is 3.05. The van der Waals surface area contributed by atoms with Crippen LogP contribution in [0.15, 0.2) is 18.2 Å². The largest absolute Gasteiger partial charge is 0.373 e. The number of carbonyl (C=O) groups excluding carboxylic acids is 1. The van der Waals surface area contributed by atoms with Gasteiger partial charge in [0, 0.05) is 13.1 Å². The fourth-order valence-electron chi connectivity index (χ4n) is 3.20. The Hall–Kier alpha value is -0.520. The predicted molar refractivity (Wildman–Crippen MR) is 99.1 cm³/mol. The number of amides is 1. The van der Waals surface area contributed by atoms with Crippen LogP contribution >= 0.6 is 35.6 Å². The lowest BCUT2D eigenvalue weighted by atomic mass is 10.1. The van der Waals surface area contributed by atoms with E-state index in [1.54, 1.807) is 6.07 Å². The Morgan fingerprint density at radius 3 is 2.58 bits per heavy atom. The molecule has 0 saturated carbocycles. The Kier molecular flexibility index (Phi) is 7.63. The smallest absolute Gasteiger partial charge is 0.239 e. The topological polar surface area (TPSA) is 41.6 Å². The highest BCUT2D eigenvalue weighted by Gasteiger charge is 2.29. The molecule has 24 heavy (non-hydrogen) atoms. The molecule has 1 N–H and O–H groups in total. The summed E-state index contributed by atoms with van der Waals surface area (Å²) >= 11 is 11.9. The summed E-state index contributed by atoms with van der Waals surface area (Å²) in [6, 6.07) is 5.59. The average Bonchev–Trinajstić information content (AvgIpc) is 3.10. The second kappa shape index (κ2) is 9.25. The van der Waals surface area contributed by atoms with Crippen molar-refractivity contribution in [3.63, 3.8) is 0 Å². The van der Waals surface area contributed by atoms with Crippen LogP contribution in [0.3, 0.4) is 0 Å². The number of hydrogen-bond donors (Lipinski definition) is 1. The molecule has 134 valence electrons. The van der Waals surface area contributed by atoms with Gasteiger partial charge in [-0.2, -0.15) is 0 Å². The van der Waals surface area contributed by atoms with Crippen LogP contribution in [-0.4, -0.2) is 42.6 Å². The number of hydrogen-bond acceptors (Lipinski definition) is 3. The normalized spacial score (nSPS) is 21.6. The highest BCUT2D eigenvalue weighted by atomic mass is 35.5. The van der Waals surface area contributed by atoms with Gasteiger partial charge < -0.3 is 15.0 Å². The summed E-state index contributed by atoms with van der Waals surface area (Å²) in [4.78, 5) is 14.3. The minimum atomic E-state index is 0. The summed E-state index contributed by atoms with van der Waals surface area (Å²) in [5.74, 6) is 0.255. The molecule has 1 unspecified atom stereocenters. The highest BCUT2D eigenvalue weighted by molar-refractivity contribution is 6.42. The molecule has 7 heteroatoms.